The average Bonchev–Trinajstić information content (AvgIpc) is 2.27. The number of aromatic nitrogens is 1. The smallest absolute Gasteiger partial charge is 0.0705 e. The lowest BCUT2D eigenvalue weighted by molar-refractivity contribution is 0.562. The lowest BCUT2D eigenvalue weighted by Gasteiger charge is -2.21. The second kappa shape index (κ2) is 4.40. The predicted octanol–water partition coefficient (Wildman–Crippen LogP) is 2.99. The Morgan fingerprint density at radius 3 is 2.94 bits per heavy atom. The molecule has 1 unspecified atom stereocenters. The van der Waals surface area contributed by atoms with Gasteiger partial charge in [0.2, 0.25) is 0 Å². The van der Waals surface area contributed by atoms with E-state index in [0.29, 0.717) is 0 Å². The summed E-state index contributed by atoms with van der Waals surface area (Å²) >= 11 is 0. The summed E-state index contributed by atoms with van der Waals surface area (Å²) in [5.41, 5.74) is 9.64. The van der Waals surface area contributed by atoms with Gasteiger partial charge in [-0.15, -0.1) is 12.4 Å². The molecule has 0 amide bonds. The molecule has 1 aliphatic carbocycles. The Balaban J connectivity index is 0.000000963. The largest absolute Gasteiger partial charge is 0.324 e. The Bertz CT molecular complexity index is 510. The second-order valence-corrected chi connectivity index (χ2v) is 4.22. The molecular formula is C13H15ClN2. The molecule has 0 spiro atoms. The van der Waals surface area contributed by atoms with Crippen LogP contribution >= 0.6 is 12.4 Å². The highest BCUT2D eigenvalue weighted by Crippen LogP contribution is 2.29. The number of rotatable bonds is 0. The molecule has 1 heterocycles. The van der Waals surface area contributed by atoms with Gasteiger partial charge in [0.1, 0.15) is 0 Å². The van der Waals surface area contributed by atoms with E-state index in [1.54, 1.807) is 0 Å². The van der Waals surface area contributed by atoms with E-state index in [1.807, 2.05) is 12.1 Å². The van der Waals surface area contributed by atoms with E-state index < -0.39 is 0 Å². The van der Waals surface area contributed by atoms with Crippen LogP contribution in [-0.2, 0) is 6.42 Å². The number of nitrogens with zero attached hydrogens (tertiary/aromatic N) is 1. The van der Waals surface area contributed by atoms with Crippen molar-refractivity contribution in [1.29, 1.82) is 0 Å². The minimum atomic E-state index is 0. The van der Waals surface area contributed by atoms with Crippen molar-refractivity contribution < 1.29 is 0 Å². The van der Waals surface area contributed by atoms with Crippen LogP contribution in [0.4, 0.5) is 0 Å². The van der Waals surface area contributed by atoms with Crippen molar-refractivity contribution in [2.75, 3.05) is 0 Å². The van der Waals surface area contributed by atoms with Gasteiger partial charge in [0, 0.05) is 17.1 Å². The summed E-state index contributed by atoms with van der Waals surface area (Å²) in [5.74, 6) is 0. The molecule has 0 fully saturated rings. The van der Waals surface area contributed by atoms with Crippen LogP contribution in [0.15, 0.2) is 30.3 Å². The molecule has 3 rings (SSSR count). The molecule has 0 aliphatic heterocycles. The van der Waals surface area contributed by atoms with Crippen molar-refractivity contribution in [3.63, 3.8) is 0 Å². The van der Waals surface area contributed by atoms with Crippen molar-refractivity contribution in [3.8, 4) is 0 Å². The first-order chi connectivity index (χ1) is 7.34. The average molecular weight is 235 g/mol. The Morgan fingerprint density at radius 2 is 2.06 bits per heavy atom. The van der Waals surface area contributed by atoms with Crippen LogP contribution in [0.3, 0.4) is 0 Å². The van der Waals surface area contributed by atoms with Gasteiger partial charge in [0.15, 0.2) is 0 Å². The molecule has 1 aliphatic rings. The van der Waals surface area contributed by atoms with Crippen LogP contribution in [0.1, 0.15) is 30.1 Å². The van der Waals surface area contributed by atoms with Gasteiger partial charge < -0.3 is 5.73 Å². The van der Waals surface area contributed by atoms with Crippen molar-refractivity contribution in [1.82, 2.24) is 4.98 Å². The van der Waals surface area contributed by atoms with E-state index in [2.05, 4.69) is 23.2 Å². The maximum atomic E-state index is 6.10. The zero-order chi connectivity index (χ0) is 10.3. The standard InChI is InChI=1S/C13H14N2.ClH/c14-11-5-3-7-13-10(11)8-9-4-1-2-6-12(9)15-13;/h1-2,4,6,8,11H,3,5,7,14H2;1H. The van der Waals surface area contributed by atoms with Crippen LogP contribution in [0.5, 0.6) is 0 Å². The summed E-state index contributed by atoms with van der Waals surface area (Å²) in [6.07, 6.45) is 3.33. The van der Waals surface area contributed by atoms with Gasteiger partial charge >= 0.3 is 0 Å². The van der Waals surface area contributed by atoms with Crippen molar-refractivity contribution in [2.24, 2.45) is 5.73 Å². The molecule has 84 valence electrons. The summed E-state index contributed by atoms with van der Waals surface area (Å²) in [4.78, 5) is 4.69. The third-order valence-corrected chi connectivity index (χ3v) is 3.16. The summed E-state index contributed by atoms with van der Waals surface area (Å²) in [7, 11) is 0. The molecule has 1 aromatic carbocycles. The predicted molar refractivity (Wildman–Crippen MR) is 68.9 cm³/mol. The number of benzene rings is 1. The fourth-order valence-corrected chi connectivity index (χ4v) is 2.34. The molecule has 2 N–H and O–H groups in total. The number of fused-ring (bicyclic) bond motifs is 2. The van der Waals surface area contributed by atoms with E-state index in [-0.39, 0.29) is 18.4 Å². The Hall–Kier alpha value is -1.12. The number of nitrogens with two attached hydrogens (primary N) is 1. The number of para-hydroxylation sites is 1. The van der Waals surface area contributed by atoms with Gasteiger partial charge in [-0.25, -0.2) is 0 Å². The molecule has 3 heteroatoms. The molecule has 1 atom stereocenters. The number of halogens is 1. The van der Waals surface area contributed by atoms with Gasteiger partial charge in [-0.05, 0) is 37.0 Å². The van der Waals surface area contributed by atoms with Crippen LogP contribution in [0.25, 0.3) is 10.9 Å². The van der Waals surface area contributed by atoms with Crippen LogP contribution < -0.4 is 5.73 Å². The summed E-state index contributed by atoms with van der Waals surface area (Å²) < 4.78 is 0. The molecule has 0 saturated carbocycles. The lowest BCUT2D eigenvalue weighted by Crippen LogP contribution is -2.18. The Labute approximate surface area is 101 Å². The molecule has 16 heavy (non-hydrogen) atoms. The third-order valence-electron chi connectivity index (χ3n) is 3.16. The number of hydrogen-bond acceptors (Lipinski definition) is 2. The van der Waals surface area contributed by atoms with Crippen molar-refractivity contribution >= 4 is 23.3 Å². The molecule has 2 nitrogen and oxygen atoms in total. The maximum absolute atomic E-state index is 6.10. The zero-order valence-electron chi connectivity index (χ0n) is 9.02. The second-order valence-electron chi connectivity index (χ2n) is 4.22. The fraction of sp³-hybridized carbons (Fsp3) is 0.308. The van der Waals surface area contributed by atoms with E-state index in [9.17, 15) is 0 Å². The van der Waals surface area contributed by atoms with Gasteiger partial charge in [0.05, 0.1) is 5.52 Å². The van der Waals surface area contributed by atoms with E-state index >= 15 is 0 Å². The van der Waals surface area contributed by atoms with Crippen LogP contribution in [-0.4, -0.2) is 4.98 Å². The normalized spacial score (nSPS) is 18.9. The van der Waals surface area contributed by atoms with E-state index in [4.69, 9.17) is 5.73 Å². The molecule has 0 saturated heterocycles. The first kappa shape index (κ1) is 11.4. The monoisotopic (exact) mass is 234 g/mol. The van der Waals surface area contributed by atoms with Gasteiger partial charge in [0.25, 0.3) is 0 Å². The van der Waals surface area contributed by atoms with Crippen molar-refractivity contribution in [2.45, 2.75) is 25.3 Å². The van der Waals surface area contributed by atoms with Crippen molar-refractivity contribution in [3.05, 3.63) is 41.6 Å². The van der Waals surface area contributed by atoms with Crippen LogP contribution in [0, 0.1) is 0 Å². The van der Waals surface area contributed by atoms with Gasteiger partial charge in [-0.3, -0.25) is 4.98 Å². The van der Waals surface area contributed by atoms with E-state index in [1.165, 1.54) is 23.1 Å². The number of aryl methyl sites for hydroxylation is 1. The molecule has 2 aromatic rings. The summed E-state index contributed by atoms with van der Waals surface area (Å²) in [6.45, 7) is 0. The third kappa shape index (κ3) is 1.79. The van der Waals surface area contributed by atoms with Gasteiger partial charge in [-0.2, -0.15) is 0 Å². The first-order valence-electron chi connectivity index (χ1n) is 5.49. The minimum absolute atomic E-state index is 0. The first-order valence-corrected chi connectivity index (χ1v) is 5.49. The lowest BCUT2D eigenvalue weighted by atomic mass is 9.91. The fourth-order valence-electron chi connectivity index (χ4n) is 2.34. The molecule has 1 aromatic heterocycles. The number of pyridine rings is 1. The minimum Gasteiger partial charge on any atom is -0.324 e. The Kier molecular flexibility index (Phi) is 3.13. The van der Waals surface area contributed by atoms with Crippen LogP contribution in [0.2, 0.25) is 0 Å². The van der Waals surface area contributed by atoms with E-state index in [0.717, 1.165) is 18.4 Å². The maximum Gasteiger partial charge on any atom is 0.0705 e. The summed E-state index contributed by atoms with van der Waals surface area (Å²) in [5, 5.41) is 1.20. The SMILES string of the molecule is Cl.NC1CCCc2nc3ccccc3cc21. The quantitative estimate of drug-likeness (QED) is 0.761. The topological polar surface area (TPSA) is 38.9 Å². The highest BCUT2D eigenvalue weighted by molar-refractivity contribution is 5.85. The highest BCUT2D eigenvalue weighted by atomic mass is 35.5. The highest BCUT2D eigenvalue weighted by Gasteiger charge is 2.18. The molecular weight excluding hydrogens is 220 g/mol. The molecule has 0 bridgehead atoms. The Morgan fingerprint density at radius 1 is 1.25 bits per heavy atom. The van der Waals surface area contributed by atoms with Gasteiger partial charge in [-0.1, -0.05) is 18.2 Å². The summed E-state index contributed by atoms with van der Waals surface area (Å²) in [6, 6.07) is 10.6. The molecule has 0 radical (unpaired) electrons. The zero-order valence-corrected chi connectivity index (χ0v) is 9.83. The number of hydrogen-bond donors (Lipinski definition) is 1.